The highest BCUT2D eigenvalue weighted by atomic mass is 35.5. The Kier molecular flexibility index (Phi) is 5.26. The van der Waals surface area contributed by atoms with Crippen LogP contribution in [0.2, 0.25) is 5.02 Å². The highest BCUT2D eigenvalue weighted by Crippen LogP contribution is 2.13. The van der Waals surface area contributed by atoms with Gasteiger partial charge in [-0.25, -0.2) is 4.39 Å². The predicted molar refractivity (Wildman–Crippen MR) is 96.8 cm³/mol. The van der Waals surface area contributed by atoms with E-state index in [1.165, 1.54) is 18.2 Å². The van der Waals surface area contributed by atoms with Crippen LogP contribution in [0.15, 0.2) is 67.0 Å². The van der Waals surface area contributed by atoms with E-state index in [0.29, 0.717) is 17.3 Å². The smallest absolute Gasteiger partial charge is 0.248 e. The Labute approximate surface area is 149 Å². The van der Waals surface area contributed by atoms with Crippen molar-refractivity contribution in [2.24, 2.45) is 0 Å². The highest BCUT2D eigenvalue weighted by Gasteiger charge is 2.03. The second-order valence-corrected chi connectivity index (χ2v) is 5.87. The number of hydrogen-bond acceptors (Lipinski definition) is 2. The second kappa shape index (κ2) is 7.77. The largest absolute Gasteiger partial charge is 0.320 e. The fourth-order valence-electron chi connectivity index (χ4n) is 2.27. The number of nitrogens with zero attached hydrogens (tertiary/aromatic N) is 2. The normalized spacial score (nSPS) is 11.0. The fraction of sp³-hybridized carbons (Fsp3) is 0.0526. The average Bonchev–Trinajstić information content (AvgIpc) is 3.01. The van der Waals surface area contributed by atoms with Crippen LogP contribution in [0.4, 0.5) is 10.1 Å². The zero-order valence-corrected chi connectivity index (χ0v) is 13.9. The second-order valence-electron chi connectivity index (χ2n) is 5.43. The van der Waals surface area contributed by atoms with Crippen molar-refractivity contribution in [1.82, 2.24) is 9.78 Å². The molecule has 1 heterocycles. The number of amides is 1. The molecule has 6 heteroatoms. The standard InChI is InChI=1S/C19H15ClFN3O/c20-16-3-1-2-15(10-16)12-24-13-18(11-22-24)23-19(25)9-6-14-4-7-17(21)8-5-14/h1-11,13H,12H2,(H,23,25)/b9-6+. The third-order valence-electron chi connectivity index (χ3n) is 3.43. The van der Waals surface area contributed by atoms with Crippen molar-refractivity contribution in [1.29, 1.82) is 0 Å². The van der Waals surface area contributed by atoms with Crippen LogP contribution in [-0.2, 0) is 11.3 Å². The van der Waals surface area contributed by atoms with E-state index < -0.39 is 0 Å². The quantitative estimate of drug-likeness (QED) is 0.690. The molecule has 1 N–H and O–H groups in total. The van der Waals surface area contributed by atoms with Gasteiger partial charge in [0.1, 0.15) is 5.82 Å². The van der Waals surface area contributed by atoms with Crippen LogP contribution in [0, 0.1) is 5.82 Å². The zero-order chi connectivity index (χ0) is 17.6. The van der Waals surface area contributed by atoms with Gasteiger partial charge in [-0.05, 0) is 41.5 Å². The lowest BCUT2D eigenvalue weighted by Gasteiger charge is -2.02. The van der Waals surface area contributed by atoms with E-state index in [-0.39, 0.29) is 11.7 Å². The summed E-state index contributed by atoms with van der Waals surface area (Å²) in [6, 6.07) is 13.4. The van der Waals surface area contributed by atoms with E-state index in [0.717, 1.165) is 11.1 Å². The van der Waals surface area contributed by atoms with Crippen molar-refractivity contribution < 1.29 is 9.18 Å². The molecule has 2 aromatic carbocycles. The number of carbonyl (C=O) groups is 1. The SMILES string of the molecule is O=C(/C=C/c1ccc(F)cc1)Nc1cnn(Cc2cccc(Cl)c2)c1. The predicted octanol–water partition coefficient (Wildman–Crippen LogP) is 4.38. The minimum Gasteiger partial charge on any atom is -0.320 e. The van der Waals surface area contributed by atoms with Crippen molar-refractivity contribution in [3.63, 3.8) is 0 Å². The van der Waals surface area contributed by atoms with Crippen LogP contribution in [-0.4, -0.2) is 15.7 Å². The Bertz CT molecular complexity index is 903. The van der Waals surface area contributed by atoms with E-state index in [1.807, 2.05) is 24.3 Å². The molecule has 0 aliphatic heterocycles. The van der Waals surface area contributed by atoms with Gasteiger partial charge in [0.2, 0.25) is 5.91 Å². The Hall–Kier alpha value is -2.92. The van der Waals surface area contributed by atoms with Gasteiger partial charge in [-0.1, -0.05) is 35.9 Å². The molecular formula is C19H15ClFN3O. The van der Waals surface area contributed by atoms with Crippen molar-refractivity contribution in [2.75, 3.05) is 5.32 Å². The summed E-state index contributed by atoms with van der Waals surface area (Å²) in [4.78, 5) is 11.9. The van der Waals surface area contributed by atoms with Crippen LogP contribution < -0.4 is 5.32 Å². The Morgan fingerprint density at radius 1 is 1.24 bits per heavy atom. The summed E-state index contributed by atoms with van der Waals surface area (Å²) in [5, 5.41) is 7.62. The van der Waals surface area contributed by atoms with Gasteiger partial charge in [0.15, 0.2) is 0 Å². The Morgan fingerprint density at radius 3 is 2.80 bits per heavy atom. The molecule has 0 fully saturated rings. The van der Waals surface area contributed by atoms with Crippen molar-refractivity contribution in [2.45, 2.75) is 6.54 Å². The number of aromatic nitrogens is 2. The van der Waals surface area contributed by atoms with E-state index in [4.69, 9.17) is 11.6 Å². The third-order valence-corrected chi connectivity index (χ3v) is 3.67. The number of carbonyl (C=O) groups excluding carboxylic acids is 1. The van der Waals surface area contributed by atoms with Gasteiger partial charge >= 0.3 is 0 Å². The maximum atomic E-state index is 12.8. The molecule has 0 saturated carbocycles. The van der Waals surface area contributed by atoms with E-state index in [1.54, 1.807) is 35.3 Å². The van der Waals surface area contributed by atoms with E-state index in [2.05, 4.69) is 10.4 Å². The molecule has 1 aromatic heterocycles. The number of benzene rings is 2. The molecule has 0 atom stereocenters. The van der Waals surface area contributed by atoms with E-state index in [9.17, 15) is 9.18 Å². The van der Waals surface area contributed by atoms with Gasteiger partial charge in [-0.3, -0.25) is 9.48 Å². The molecule has 126 valence electrons. The maximum absolute atomic E-state index is 12.8. The van der Waals surface area contributed by atoms with Crippen LogP contribution in [0.3, 0.4) is 0 Å². The number of anilines is 1. The van der Waals surface area contributed by atoms with Gasteiger partial charge in [0.05, 0.1) is 18.4 Å². The lowest BCUT2D eigenvalue weighted by molar-refractivity contribution is -0.111. The molecule has 0 spiro atoms. The minimum atomic E-state index is -0.311. The Morgan fingerprint density at radius 2 is 2.04 bits per heavy atom. The first-order chi connectivity index (χ1) is 12.1. The summed E-state index contributed by atoms with van der Waals surface area (Å²) in [5.41, 5.74) is 2.36. The number of halogens is 2. The minimum absolute atomic E-state index is 0.286. The first-order valence-electron chi connectivity index (χ1n) is 7.60. The molecule has 0 saturated heterocycles. The van der Waals surface area contributed by atoms with Gasteiger partial charge < -0.3 is 5.32 Å². The van der Waals surface area contributed by atoms with Crippen molar-refractivity contribution in [3.05, 3.63) is 89.0 Å². The molecular weight excluding hydrogens is 341 g/mol. The van der Waals surface area contributed by atoms with Gasteiger partial charge in [-0.15, -0.1) is 0 Å². The monoisotopic (exact) mass is 355 g/mol. The van der Waals surface area contributed by atoms with Crippen LogP contribution >= 0.6 is 11.6 Å². The molecule has 4 nitrogen and oxygen atoms in total. The molecule has 0 aliphatic rings. The average molecular weight is 356 g/mol. The molecule has 0 radical (unpaired) electrons. The van der Waals surface area contributed by atoms with Crippen LogP contribution in [0.25, 0.3) is 6.08 Å². The highest BCUT2D eigenvalue weighted by molar-refractivity contribution is 6.30. The maximum Gasteiger partial charge on any atom is 0.248 e. The van der Waals surface area contributed by atoms with E-state index >= 15 is 0 Å². The first kappa shape index (κ1) is 16.9. The van der Waals surface area contributed by atoms with Gasteiger partial charge in [0.25, 0.3) is 0 Å². The van der Waals surface area contributed by atoms with Gasteiger partial charge in [0, 0.05) is 17.3 Å². The topological polar surface area (TPSA) is 46.9 Å². The Balaban J connectivity index is 1.59. The lowest BCUT2D eigenvalue weighted by atomic mass is 10.2. The molecule has 3 rings (SSSR count). The van der Waals surface area contributed by atoms with Gasteiger partial charge in [-0.2, -0.15) is 5.10 Å². The summed E-state index contributed by atoms with van der Waals surface area (Å²) in [6.45, 7) is 0.557. The molecule has 25 heavy (non-hydrogen) atoms. The van der Waals surface area contributed by atoms with Crippen molar-refractivity contribution in [3.8, 4) is 0 Å². The molecule has 0 aliphatic carbocycles. The van der Waals surface area contributed by atoms with Crippen LogP contribution in [0.5, 0.6) is 0 Å². The summed E-state index contributed by atoms with van der Waals surface area (Å²) in [7, 11) is 0. The summed E-state index contributed by atoms with van der Waals surface area (Å²) < 4.78 is 14.5. The summed E-state index contributed by atoms with van der Waals surface area (Å²) >= 11 is 5.96. The summed E-state index contributed by atoms with van der Waals surface area (Å²) in [6.07, 6.45) is 6.32. The van der Waals surface area contributed by atoms with Crippen LogP contribution in [0.1, 0.15) is 11.1 Å². The van der Waals surface area contributed by atoms with Crippen molar-refractivity contribution >= 4 is 29.3 Å². The molecule has 3 aromatic rings. The molecule has 1 amide bonds. The fourth-order valence-corrected chi connectivity index (χ4v) is 2.48. The number of nitrogens with one attached hydrogen (secondary N) is 1. The first-order valence-corrected chi connectivity index (χ1v) is 7.98. The molecule has 0 bridgehead atoms. The summed E-state index contributed by atoms with van der Waals surface area (Å²) in [5.74, 6) is -0.597. The number of rotatable bonds is 5. The third kappa shape index (κ3) is 5.02. The zero-order valence-electron chi connectivity index (χ0n) is 13.2. The number of hydrogen-bond donors (Lipinski definition) is 1. The molecule has 0 unspecified atom stereocenters. The lowest BCUT2D eigenvalue weighted by Crippen LogP contribution is -2.07.